The van der Waals surface area contributed by atoms with E-state index in [0.29, 0.717) is 19.5 Å². The molecule has 0 saturated carbocycles. The fraction of sp³-hybridized carbons (Fsp3) is 0.500. The Kier molecular flexibility index (Phi) is 6.60. The number of alkyl carbamates (subject to hydrolysis) is 1. The van der Waals surface area contributed by atoms with E-state index in [1.807, 2.05) is 24.3 Å². The van der Waals surface area contributed by atoms with Gasteiger partial charge in [0.1, 0.15) is 12.4 Å². The van der Waals surface area contributed by atoms with Crippen LogP contribution in [0, 0.1) is 0 Å². The monoisotopic (exact) mass is 354 g/mol. The smallest absolute Gasteiger partial charge is 0.410 e. The van der Waals surface area contributed by atoms with Crippen LogP contribution in [0.1, 0.15) is 12.0 Å². The normalized spacial score (nSPS) is 19.7. The number of thiol groups is 1. The van der Waals surface area contributed by atoms with Crippen LogP contribution in [0.3, 0.4) is 0 Å². The summed E-state index contributed by atoms with van der Waals surface area (Å²) in [4.78, 5) is 25.1. The Bertz CT molecular complexity index is 566. The number of ether oxygens (including phenoxy) is 3. The lowest BCUT2D eigenvalue weighted by Crippen LogP contribution is -2.43. The van der Waals surface area contributed by atoms with Crippen molar-refractivity contribution in [3.8, 4) is 5.75 Å². The van der Waals surface area contributed by atoms with Gasteiger partial charge in [-0.2, -0.15) is 12.6 Å². The zero-order valence-corrected chi connectivity index (χ0v) is 14.6. The van der Waals surface area contributed by atoms with Crippen molar-refractivity contribution >= 4 is 24.8 Å². The molecule has 132 valence electrons. The quantitative estimate of drug-likeness (QED) is 0.792. The van der Waals surface area contributed by atoms with Gasteiger partial charge in [0.2, 0.25) is 0 Å². The van der Waals surface area contributed by atoms with Crippen LogP contribution in [-0.2, 0) is 16.1 Å². The summed E-state index contributed by atoms with van der Waals surface area (Å²) in [5.41, 5.74) is 0.870. The first-order chi connectivity index (χ1) is 11.5. The summed E-state index contributed by atoms with van der Waals surface area (Å²) in [5.74, 6) is 0.747. The van der Waals surface area contributed by atoms with Crippen molar-refractivity contribution in [2.45, 2.75) is 24.3 Å². The Hall–Kier alpha value is -2.09. The molecule has 24 heavy (non-hydrogen) atoms. The fourth-order valence-corrected chi connectivity index (χ4v) is 2.95. The molecule has 0 bridgehead atoms. The van der Waals surface area contributed by atoms with E-state index in [0.717, 1.165) is 11.3 Å². The van der Waals surface area contributed by atoms with Gasteiger partial charge in [-0.05, 0) is 24.1 Å². The minimum atomic E-state index is -0.524. The van der Waals surface area contributed by atoms with Gasteiger partial charge in [0, 0.05) is 18.3 Å². The highest BCUT2D eigenvalue weighted by molar-refractivity contribution is 7.81. The Morgan fingerprint density at radius 1 is 1.29 bits per heavy atom. The average molecular weight is 354 g/mol. The molecule has 1 aromatic rings. The first kappa shape index (κ1) is 18.3. The number of benzene rings is 1. The summed E-state index contributed by atoms with van der Waals surface area (Å²) in [5, 5.41) is 2.67. The summed E-state index contributed by atoms with van der Waals surface area (Å²) >= 11 is 4.43. The van der Waals surface area contributed by atoms with Crippen molar-refractivity contribution in [1.29, 1.82) is 0 Å². The Labute approximate surface area is 146 Å². The summed E-state index contributed by atoms with van der Waals surface area (Å²) < 4.78 is 15.0. The lowest BCUT2D eigenvalue weighted by Gasteiger charge is -2.24. The van der Waals surface area contributed by atoms with Crippen LogP contribution in [0.5, 0.6) is 5.75 Å². The minimum Gasteiger partial charge on any atom is -0.497 e. The van der Waals surface area contributed by atoms with Crippen molar-refractivity contribution in [1.82, 2.24) is 10.2 Å². The fourth-order valence-electron chi connectivity index (χ4n) is 2.53. The number of nitrogens with zero attached hydrogens (tertiary/aromatic N) is 1. The molecule has 1 heterocycles. The first-order valence-electron chi connectivity index (χ1n) is 7.59. The van der Waals surface area contributed by atoms with E-state index in [4.69, 9.17) is 9.47 Å². The molecule has 1 aliphatic rings. The van der Waals surface area contributed by atoms with E-state index in [-0.39, 0.29) is 17.9 Å². The van der Waals surface area contributed by atoms with Crippen molar-refractivity contribution in [3.63, 3.8) is 0 Å². The molecule has 0 radical (unpaired) electrons. The minimum absolute atomic E-state index is 0.0583. The molecule has 2 amide bonds. The molecule has 1 aromatic carbocycles. The molecule has 2 atom stereocenters. The summed E-state index contributed by atoms with van der Waals surface area (Å²) in [7, 11) is 2.89. The van der Waals surface area contributed by atoms with Crippen molar-refractivity contribution in [2.75, 3.05) is 27.3 Å². The topological polar surface area (TPSA) is 77.1 Å². The maximum absolute atomic E-state index is 12.3. The van der Waals surface area contributed by atoms with E-state index in [2.05, 4.69) is 22.7 Å². The van der Waals surface area contributed by atoms with Crippen LogP contribution in [0.4, 0.5) is 9.59 Å². The zero-order chi connectivity index (χ0) is 17.5. The summed E-state index contributed by atoms with van der Waals surface area (Å²) in [6.07, 6.45) is -0.256. The van der Waals surface area contributed by atoms with E-state index in [9.17, 15) is 9.59 Å². The molecule has 8 heteroatoms. The number of hydrogen-bond acceptors (Lipinski definition) is 6. The second-order valence-electron chi connectivity index (χ2n) is 5.47. The molecule has 1 N–H and O–H groups in total. The van der Waals surface area contributed by atoms with Gasteiger partial charge in [0.25, 0.3) is 0 Å². The predicted octanol–water partition coefficient (Wildman–Crippen LogP) is 2.06. The largest absolute Gasteiger partial charge is 0.497 e. The Morgan fingerprint density at radius 3 is 2.62 bits per heavy atom. The van der Waals surface area contributed by atoms with Crippen LogP contribution in [0.2, 0.25) is 0 Å². The molecular weight excluding hydrogens is 332 g/mol. The number of hydrogen-bond donors (Lipinski definition) is 2. The van der Waals surface area contributed by atoms with Gasteiger partial charge in [-0.1, -0.05) is 12.1 Å². The molecule has 1 aliphatic heterocycles. The van der Waals surface area contributed by atoms with Crippen LogP contribution in [0.15, 0.2) is 24.3 Å². The number of likely N-dealkylation sites (tertiary alicyclic amines) is 1. The maximum atomic E-state index is 12.3. The predicted molar refractivity (Wildman–Crippen MR) is 91.5 cm³/mol. The molecule has 2 rings (SSSR count). The molecular formula is C16H22N2O5S. The number of amides is 2. The highest BCUT2D eigenvalue weighted by Gasteiger charge is 2.34. The third kappa shape index (κ3) is 4.95. The van der Waals surface area contributed by atoms with Crippen LogP contribution >= 0.6 is 12.6 Å². The third-order valence-corrected chi connectivity index (χ3v) is 4.19. The van der Waals surface area contributed by atoms with E-state index in [1.165, 1.54) is 7.11 Å². The van der Waals surface area contributed by atoms with Gasteiger partial charge in [0.05, 0.1) is 20.3 Å². The number of rotatable bonds is 5. The average Bonchev–Trinajstić information content (AvgIpc) is 2.98. The second kappa shape index (κ2) is 8.68. The van der Waals surface area contributed by atoms with Crippen LogP contribution in [-0.4, -0.2) is 55.7 Å². The van der Waals surface area contributed by atoms with Gasteiger partial charge < -0.3 is 24.4 Å². The van der Waals surface area contributed by atoms with Gasteiger partial charge in [0.15, 0.2) is 0 Å². The molecule has 7 nitrogen and oxygen atoms in total. The highest BCUT2D eigenvalue weighted by Crippen LogP contribution is 2.23. The standard InChI is InChI=1S/C16H22N2O5S/c1-21-13-5-3-11(4-6-13)10-23-16(20)18-9-14(24)7-12(18)8-17-15(19)22-2/h3-6,12,14,24H,7-10H2,1-2H3,(H,17,19)/t12-,14-/m0/s1. The number of methoxy groups -OCH3 is 2. The van der Waals surface area contributed by atoms with Crippen molar-refractivity contribution in [2.24, 2.45) is 0 Å². The van der Waals surface area contributed by atoms with Crippen molar-refractivity contribution in [3.05, 3.63) is 29.8 Å². The second-order valence-corrected chi connectivity index (χ2v) is 6.20. The van der Waals surface area contributed by atoms with Gasteiger partial charge in [-0.3, -0.25) is 0 Å². The third-order valence-electron chi connectivity index (χ3n) is 3.82. The van der Waals surface area contributed by atoms with Crippen LogP contribution < -0.4 is 10.1 Å². The zero-order valence-electron chi connectivity index (χ0n) is 13.7. The van der Waals surface area contributed by atoms with E-state index < -0.39 is 12.2 Å². The first-order valence-corrected chi connectivity index (χ1v) is 8.11. The molecule has 0 spiro atoms. The molecule has 0 aromatic heterocycles. The maximum Gasteiger partial charge on any atom is 0.410 e. The van der Waals surface area contributed by atoms with E-state index >= 15 is 0 Å². The SMILES string of the molecule is COC(=O)NC[C@@H]1C[C@H](S)CN1C(=O)OCc1ccc(OC)cc1. The summed E-state index contributed by atoms with van der Waals surface area (Å²) in [6, 6.07) is 7.15. The molecule has 1 saturated heterocycles. The molecule has 0 aliphatic carbocycles. The Balaban J connectivity index is 1.87. The summed E-state index contributed by atoms with van der Waals surface area (Å²) in [6.45, 7) is 0.965. The molecule has 0 unspecified atom stereocenters. The van der Waals surface area contributed by atoms with Gasteiger partial charge in [-0.15, -0.1) is 0 Å². The highest BCUT2D eigenvalue weighted by atomic mass is 32.1. The van der Waals surface area contributed by atoms with Crippen molar-refractivity contribution < 1.29 is 23.8 Å². The lowest BCUT2D eigenvalue weighted by molar-refractivity contribution is 0.0912. The number of nitrogens with one attached hydrogen (secondary N) is 1. The molecule has 1 fully saturated rings. The number of carbonyl (C=O) groups excluding carboxylic acids is 2. The van der Waals surface area contributed by atoms with Crippen LogP contribution in [0.25, 0.3) is 0 Å². The number of carbonyl (C=O) groups is 2. The lowest BCUT2D eigenvalue weighted by atomic mass is 10.2. The van der Waals surface area contributed by atoms with Gasteiger partial charge in [-0.25, -0.2) is 9.59 Å². The van der Waals surface area contributed by atoms with E-state index in [1.54, 1.807) is 12.0 Å². The van der Waals surface area contributed by atoms with Gasteiger partial charge >= 0.3 is 12.2 Å². The Morgan fingerprint density at radius 2 is 2.00 bits per heavy atom.